The molecule has 0 radical (unpaired) electrons. The molecule has 4 aromatic rings. The van der Waals surface area contributed by atoms with Crippen LogP contribution in [0.25, 0.3) is 0 Å². The molecule has 0 aromatic heterocycles. The van der Waals surface area contributed by atoms with E-state index in [1.54, 1.807) is 27.8 Å². The highest BCUT2D eigenvalue weighted by molar-refractivity contribution is 6.72. The van der Waals surface area contributed by atoms with Crippen molar-refractivity contribution < 1.29 is 48.0 Å². The molecule has 4 aromatic carbocycles. The molecular formula is C53H68FN5O9Si. The Morgan fingerprint density at radius 3 is 1.80 bits per heavy atom. The molecule has 1 fully saturated rings. The van der Waals surface area contributed by atoms with Crippen LogP contribution in [0.1, 0.15) is 75.1 Å². The molecule has 2 unspecified atom stereocenters. The van der Waals surface area contributed by atoms with Crippen molar-refractivity contribution in [3.05, 3.63) is 101 Å². The molecule has 1 saturated heterocycles. The van der Waals surface area contributed by atoms with Gasteiger partial charge in [0.05, 0.1) is 55.0 Å². The number of nitrogens with one attached hydrogen (secondary N) is 2. The predicted octanol–water partition coefficient (Wildman–Crippen LogP) is 7.09. The summed E-state index contributed by atoms with van der Waals surface area (Å²) < 4.78 is 35.3. The second kappa shape index (κ2) is 21.4. The summed E-state index contributed by atoms with van der Waals surface area (Å²) in [4.78, 5) is 49.8. The molecule has 4 aliphatic heterocycles. The number of ether oxygens (including phenoxy) is 3. The van der Waals surface area contributed by atoms with Gasteiger partial charge in [0, 0.05) is 48.2 Å². The van der Waals surface area contributed by atoms with E-state index >= 15 is 8.90 Å². The highest BCUT2D eigenvalue weighted by Crippen LogP contribution is 2.61. The number of nitrogens with zero attached hydrogens (tertiary/aromatic N) is 3. The smallest absolute Gasteiger partial charge is 0.264 e. The van der Waals surface area contributed by atoms with Crippen molar-refractivity contribution >= 4 is 54.6 Å². The number of anilines is 5. The molecule has 1 spiro atoms. The number of amides is 3. The van der Waals surface area contributed by atoms with Crippen LogP contribution in [0.4, 0.5) is 32.5 Å². The molecule has 69 heavy (non-hydrogen) atoms. The molecule has 0 aliphatic carbocycles. The van der Waals surface area contributed by atoms with Gasteiger partial charge >= 0.3 is 0 Å². The summed E-state index contributed by atoms with van der Waals surface area (Å²) in [6.07, 6.45) is 2.94. The number of carbonyl (C=O) groups is 3. The topological polar surface area (TPSA) is 173 Å². The molecule has 3 amide bonds. The number of aliphatic hydroxyl groups excluding tert-OH is 3. The number of hydrogen-bond acceptors (Lipinski definition) is 11. The van der Waals surface area contributed by atoms with E-state index in [2.05, 4.69) is 10.6 Å². The van der Waals surface area contributed by atoms with Crippen molar-refractivity contribution in [2.24, 2.45) is 5.92 Å². The summed E-state index contributed by atoms with van der Waals surface area (Å²) >= 11 is 0. The minimum Gasteiger partial charge on any atom is -0.494 e. The number of halogens is 1. The third-order valence-corrected chi connectivity index (χ3v) is 16.6. The Morgan fingerprint density at radius 2 is 1.28 bits per heavy atom. The predicted molar refractivity (Wildman–Crippen MR) is 267 cm³/mol. The summed E-state index contributed by atoms with van der Waals surface area (Å²) in [6, 6.07) is 23.4. The average Bonchev–Trinajstić information content (AvgIpc) is 3.75. The monoisotopic (exact) mass is 965 g/mol. The van der Waals surface area contributed by atoms with Crippen LogP contribution >= 0.6 is 0 Å². The second-order valence-electron chi connectivity index (χ2n) is 19.1. The molecule has 16 heteroatoms. The van der Waals surface area contributed by atoms with E-state index < -0.39 is 43.7 Å². The largest absolute Gasteiger partial charge is 0.494 e. The minimum atomic E-state index is -3.53. The van der Waals surface area contributed by atoms with E-state index in [0.717, 1.165) is 22.4 Å². The fraction of sp³-hybridized carbons (Fsp3) is 0.491. The van der Waals surface area contributed by atoms with Gasteiger partial charge in [-0.25, -0.2) is 0 Å². The summed E-state index contributed by atoms with van der Waals surface area (Å²) in [7, 11) is -3.53. The Hall–Kier alpha value is -5.20. The molecule has 370 valence electrons. The van der Waals surface area contributed by atoms with Gasteiger partial charge in [-0.05, 0) is 168 Å². The minimum absolute atomic E-state index is 0.0573. The Kier molecular flexibility index (Phi) is 15.6. The maximum Gasteiger partial charge on any atom is 0.264 e. The van der Waals surface area contributed by atoms with Crippen molar-refractivity contribution in [2.75, 3.05) is 60.8 Å². The zero-order chi connectivity index (χ0) is 49.0. The molecule has 4 aliphatic rings. The van der Waals surface area contributed by atoms with Gasteiger partial charge in [-0.1, -0.05) is 19.1 Å². The van der Waals surface area contributed by atoms with Crippen molar-refractivity contribution in [2.45, 2.75) is 115 Å². The van der Waals surface area contributed by atoms with E-state index in [9.17, 15) is 24.9 Å². The van der Waals surface area contributed by atoms with Gasteiger partial charge in [0.1, 0.15) is 11.5 Å². The number of hydrogen-bond donors (Lipinski definition) is 5. The third-order valence-electron chi connectivity index (χ3n) is 14.2. The first-order valence-electron chi connectivity index (χ1n) is 24.7. The fourth-order valence-corrected chi connectivity index (χ4v) is 13.7. The fourth-order valence-electron chi connectivity index (χ4n) is 11.1. The maximum atomic E-state index is 16.6. The molecule has 0 saturated carbocycles. The quantitative estimate of drug-likeness (QED) is 0.0328. The number of rotatable bonds is 21. The highest BCUT2D eigenvalue weighted by Gasteiger charge is 2.66. The van der Waals surface area contributed by atoms with Gasteiger partial charge in [-0.15, -0.1) is 0 Å². The number of unbranched alkanes of at least 4 members (excludes halogenated alkanes) is 2. The summed E-state index contributed by atoms with van der Waals surface area (Å²) in [5.41, 5.74) is 3.96. The molecule has 0 bridgehead atoms. The highest BCUT2D eigenvalue weighted by atomic mass is 28.4. The van der Waals surface area contributed by atoms with Gasteiger partial charge in [0.2, 0.25) is 20.2 Å². The molecule has 5 N–H and O–H groups in total. The standard InChI is InChI=1S/C53H68FN5O9Si/c1-6-66-40-16-19-45-36(28-40)30-43(55-22-8-10-24-60)50(63)58(45)38-14-12-13-35(27-38)33-57-47-18-15-39(32-42(47)53(52(57)65)34(3)49(69(4,5)54)48(68-53)21-26-62)59-46-20-17-41(67-7-2)29-37(46)31-44(51(59)64)56-23-9-11-25-61/h12-20,27-29,32,34,43-44,48-49,55-56,60-62H,6-11,21-26,30-31,33H2,1-5H3/t34-,43?,44?,48+,49-,53+/m0/s1. The van der Waals surface area contributed by atoms with Crippen LogP contribution in [0.3, 0.4) is 0 Å². The third kappa shape index (κ3) is 9.81. The van der Waals surface area contributed by atoms with Crippen LogP contribution in [-0.4, -0.2) is 106 Å². The first-order valence-corrected chi connectivity index (χ1v) is 27.7. The lowest BCUT2D eigenvalue weighted by atomic mass is 9.82. The Balaban J connectivity index is 1.20. The van der Waals surface area contributed by atoms with Crippen LogP contribution in [-0.2, 0) is 44.1 Å². The lowest BCUT2D eigenvalue weighted by Gasteiger charge is -2.36. The number of aliphatic hydroxyl groups is 3. The summed E-state index contributed by atoms with van der Waals surface area (Å²) in [6.45, 7) is 11.0. The molecular weight excluding hydrogens is 898 g/mol. The van der Waals surface area contributed by atoms with Crippen molar-refractivity contribution in [1.29, 1.82) is 0 Å². The van der Waals surface area contributed by atoms with Gasteiger partial charge in [0.15, 0.2) is 5.60 Å². The van der Waals surface area contributed by atoms with Crippen LogP contribution < -0.4 is 34.8 Å². The first-order chi connectivity index (χ1) is 33.3. The van der Waals surface area contributed by atoms with E-state index in [0.29, 0.717) is 105 Å². The molecule has 6 atom stereocenters. The van der Waals surface area contributed by atoms with Crippen LogP contribution in [0.5, 0.6) is 11.5 Å². The Bertz CT molecular complexity index is 2510. The van der Waals surface area contributed by atoms with E-state index in [1.165, 1.54) is 0 Å². The Labute approximate surface area is 405 Å². The molecule has 4 heterocycles. The van der Waals surface area contributed by atoms with Gasteiger partial charge in [-0.2, -0.15) is 0 Å². The van der Waals surface area contributed by atoms with E-state index in [4.69, 9.17) is 14.2 Å². The van der Waals surface area contributed by atoms with Crippen LogP contribution in [0.2, 0.25) is 18.6 Å². The lowest BCUT2D eigenvalue weighted by molar-refractivity contribution is -0.146. The van der Waals surface area contributed by atoms with Crippen molar-refractivity contribution in [3.63, 3.8) is 0 Å². The Morgan fingerprint density at radius 1 is 0.725 bits per heavy atom. The van der Waals surface area contributed by atoms with E-state index in [-0.39, 0.29) is 50.5 Å². The SMILES string of the molecule is CCOc1ccc2c(c1)CC(NCCCCO)C(=O)N2c1cccc(CN2C(=O)[C@]3(O[C@H](CCO)[C@@H]([Si](C)(C)F)[C@@H]3C)c3cc(N4C(=O)C(NCCCCO)Cc5cc(OCC)ccc54)ccc32)c1. The van der Waals surface area contributed by atoms with E-state index in [1.807, 2.05) is 99.6 Å². The van der Waals surface area contributed by atoms with Crippen molar-refractivity contribution in [1.82, 2.24) is 10.6 Å². The normalized spacial score (nSPS) is 23.2. The number of benzene rings is 4. The zero-order valence-electron chi connectivity index (χ0n) is 40.5. The zero-order valence-corrected chi connectivity index (χ0v) is 41.5. The van der Waals surface area contributed by atoms with Gasteiger partial charge in [-0.3, -0.25) is 24.2 Å². The van der Waals surface area contributed by atoms with Crippen LogP contribution in [0.15, 0.2) is 78.9 Å². The summed E-state index contributed by atoms with van der Waals surface area (Å²) in [5, 5.41) is 35.9. The second-order valence-corrected chi connectivity index (χ2v) is 22.9. The first kappa shape index (κ1) is 50.2. The number of carbonyl (C=O) groups excluding carboxylic acids is 3. The molecule has 14 nitrogen and oxygen atoms in total. The van der Waals surface area contributed by atoms with Crippen LogP contribution in [0, 0.1) is 5.92 Å². The lowest BCUT2D eigenvalue weighted by Crippen LogP contribution is -2.49. The number of fused-ring (bicyclic) bond motifs is 4. The molecule has 8 rings (SSSR count). The van der Waals surface area contributed by atoms with Gasteiger partial charge < -0.3 is 49.2 Å². The summed E-state index contributed by atoms with van der Waals surface area (Å²) in [5.74, 6) is 0.0964. The van der Waals surface area contributed by atoms with Gasteiger partial charge in [0.25, 0.3) is 5.91 Å². The average molecular weight is 966 g/mol. The maximum absolute atomic E-state index is 16.6. The van der Waals surface area contributed by atoms with Crippen molar-refractivity contribution in [3.8, 4) is 11.5 Å².